The van der Waals surface area contributed by atoms with Gasteiger partial charge in [-0.25, -0.2) is 18.1 Å². The summed E-state index contributed by atoms with van der Waals surface area (Å²) in [7, 11) is -3.59. The smallest absolute Gasteiger partial charge is 0.262 e. The van der Waals surface area contributed by atoms with Gasteiger partial charge in [0.15, 0.2) is 16.7 Å². The van der Waals surface area contributed by atoms with Crippen molar-refractivity contribution in [2.75, 3.05) is 31.1 Å². The Morgan fingerprint density at radius 2 is 1.69 bits per heavy atom. The lowest BCUT2D eigenvalue weighted by molar-refractivity contribution is 0.382. The van der Waals surface area contributed by atoms with Crippen molar-refractivity contribution in [2.24, 2.45) is 0 Å². The van der Waals surface area contributed by atoms with E-state index < -0.39 is 10.0 Å². The SMILES string of the molecule is CCn1cc(S(=O)(=O)N2CCN(c3ccc(-n4ccc(C)n4)nn3)CC2)nc1C. The van der Waals surface area contributed by atoms with Gasteiger partial charge in [-0.3, -0.25) is 0 Å². The van der Waals surface area contributed by atoms with Gasteiger partial charge in [0.1, 0.15) is 5.82 Å². The zero-order valence-electron chi connectivity index (χ0n) is 16.7. The van der Waals surface area contributed by atoms with Crippen LogP contribution in [0.3, 0.4) is 0 Å². The Balaban J connectivity index is 1.43. The number of sulfonamides is 1. The van der Waals surface area contributed by atoms with Crippen LogP contribution in [0.4, 0.5) is 5.82 Å². The molecular weight excluding hydrogens is 392 g/mol. The second-order valence-corrected chi connectivity index (χ2v) is 8.84. The van der Waals surface area contributed by atoms with Crippen molar-refractivity contribution in [3.05, 3.63) is 42.1 Å². The maximum Gasteiger partial charge on any atom is 0.262 e. The van der Waals surface area contributed by atoms with Crippen LogP contribution in [-0.2, 0) is 16.6 Å². The summed E-state index contributed by atoms with van der Waals surface area (Å²) in [5.74, 6) is 2.07. The molecule has 0 atom stereocenters. The first-order chi connectivity index (χ1) is 13.9. The van der Waals surface area contributed by atoms with Crippen LogP contribution < -0.4 is 4.90 Å². The van der Waals surface area contributed by atoms with E-state index in [0.29, 0.717) is 44.4 Å². The van der Waals surface area contributed by atoms with Crippen LogP contribution in [0.1, 0.15) is 18.4 Å². The monoisotopic (exact) mass is 416 g/mol. The second-order valence-electron chi connectivity index (χ2n) is 6.95. The Kier molecular flexibility index (Phi) is 5.09. The summed E-state index contributed by atoms with van der Waals surface area (Å²) in [4.78, 5) is 6.27. The Morgan fingerprint density at radius 1 is 1.00 bits per heavy atom. The summed E-state index contributed by atoms with van der Waals surface area (Å²) in [6, 6.07) is 5.65. The number of imidazole rings is 1. The fourth-order valence-electron chi connectivity index (χ4n) is 3.37. The summed E-state index contributed by atoms with van der Waals surface area (Å²) in [6.45, 7) is 8.22. The lowest BCUT2D eigenvalue weighted by Gasteiger charge is -2.33. The highest BCUT2D eigenvalue weighted by Crippen LogP contribution is 2.20. The van der Waals surface area contributed by atoms with E-state index in [4.69, 9.17) is 0 Å². The molecular formula is C18H24N8O2S. The molecule has 0 amide bonds. The van der Waals surface area contributed by atoms with E-state index in [1.165, 1.54) is 4.31 Å². The molecule has 0 N–H and O–H groups in total. The molecule has 4 heterocycles. The third kappa shape index (κ3) is 3.75. The largest absolute Gasteiger partial charge is 0.352 e. The zero-order valence-corrected chi connectivity index (χ0v) is 17.5. The number of rotatable bonds is 5. The second kappa shape index (κ2) is 7.56. The molecule has 154 valence electrons. The minimum atomic E-state index is -3.59. The summed E-state index contributed by atoms with van der Waals surface area (Å²) in [5.41, 5.74) is 0.909. The highest BCUT2D eigenvalue weighted by Gasteiger charge is 2.31. The van der Waals surface area contributed by atoms with Gasteiger partial charge in [-0.2, -0.15) is 9.40 Å². The standard InChI is InChI=1S/C18H24N8O2S/c1-4-23-13-18(19-15(23)3)29(27,28)25-11-9-24(10-12-25)16-5-6-17(21-20-16)26-8-7-14(2)22-26/h5-8,13H,4,9-12H2,1-3H3. The van der Waals surface area contributed by atoms with E-state index in [2.05, 4.69) is 20.3 Å². The molecule has 4 rings (SSSR count). The first-order valence-corrected chi connectivity index (χ1v) is 11.0. The lowest BCUT2D eigenvalue weighted by Crippen LogP contribution is -2.49. The van der Waals surface area contributed by atoms with Gasteiger partial charge in [0, 0.05) is 45.1 Å². The van der Waals surface area contributed by atoms with Gasteiger partial charge in [0.05, 0.1) is 5.69 Å². The number of aryl methyl sites for hydroxylation is 3. The Labute approximate surface area is 169 Å². The van der Waals surface area contributed by atoms with Crippen LogP contribution in [-0.4, -0.2) is 68.4 Å². The predicted octanol–water partition coefficient (Wildman–Crippen LogP) is 1.01. The van der Waals surface area contributed by atoms with Crippen LogP contribution in [0.2, 0.25) is 0 Å². The van der Waals surface area contributed by atoms with E-state index in [-0.39, 0.29) is 5.03 Å². The van der Waals surface area contributed by atoms with E-state index >= 15 is 0 Å². The van der Waals surface area contributed by atoms with Crippen LogP contribution >= 0.6 is 0 Å². The van der Waals surface area contributed by atoms with E-state index in [1.807, 2.05) is 54.6 Å². The van der Waals surface area contributed by atoms with E-state index in [0.717, 1.165) is 11.5 Å². The molecule has 11 heteroatoms. The van der Waals surface area contributed by atoms with Gasteiger partial charge in [-0.15, -0.1) is 10.2 Å². The number of nitrogens with zero attached hydrogens (tertiary/aromatic N) is 8. The van der Waals surface area contributed by atoms with Crippen molar-refractivity contribution in [1.82, 2.24) is 33.8 Å². The highest BCUT2D eigenvalue weighted by atomic mass is 32.2. The minimum Gasteiger partial charge on any atom is -0.352 e. The Morgan fingerprint density at radius 3 is 2.24 bits per heavy atom. The van der Waals surface area contributed by atoms with E-state index in [9.17, 15) is 8.42 Å². The molecule has 29 heavy (non-hydrogen) atoms. The number of piperazine rings is 1. The summed E-state index contributed by atoms with van der Waals surface area (Å²) >= 11 is 0. The third-order valence-electron chi connectivity index (χ3n) is 5.05. The maximum absolute atomic E-state index is 12.9. The van der Waals surface area contributed by atoms with Crippen LogP contribution in [0.15, 0.2) is 35.6 Å². The molecule has 0 radical (unpaired) electrons. The number of aromatic nitrogens is 6. The van der Waals surface area contributed by atoms with Crippen molar-refractivity contribution in [3.63, 3.8) is 0 Å². The van der Waals surface area contributed by atoms with Crippen LogP contribution in [0.25, 0.3) is 5.82 Å². The first kappa shape index (κ1) is 19.5. The van der Waals surface area contributed by atoms with Gasteiger partial charge < -0.3 is 9.47 Å². The van der Waals surface area contributed by atoms with Gasteiger partial charge in [0.2, 0.25) is 0 Å². The summed E-state index contributed by atoms with van der Waals surface area (Å²) < 4.78 is 30.8. The Bertz CT molecular complexity index is 1100. The first-order valence-electron chi connectivity index (χ1n) is 9.53. The van der Waals surface area contributed by atoms with Crippen molar-refractivity contribution in [3.8, 4) is 5.82 Å². The number of anilines is 1. The topological polar surface area (TPSA) is 102 Å². The molecule has 0 aliphatic carbocycles. The molecule has 0 spiro atoms. The molecule has 0 bridgehead atoms. The molecule has 0 aromatic carbocycles. The maximum atomic E-state index is 12.9. The van der Waals surface area contributed by atoms with Crippen LogP contribution in [0.5, 0.6) is 0 Å². The normalized spacial score (nSPS) is 15.8. The molecule has 1 saturated heterocycles. The lowest BCUT2D eigenvalue weighted by atomic mass is 10.3. The average Bonchev–Trinajstić information content (AvgIpc) is 3.34. The average molecular weight is 417 g/mol. The summed E-state index contributed by atoms with van der Waals surface area (Å²) in [5, 5.41) is 13.0. The minimum absolute atomic E-state index is 0.115. The third-order valence-corrected chi connectivity index (χ3v) is 6.83. The molecule has 10 nitrogen and oxygen atoms in total. The van der Waals surface area contributed by atoms with Gasteiger partial charge >= 0.3 is 0 Å². The number of hydrogen-bond acceptors (Lipinski definition) is 7. The van der Waals surface area contributed by atoms with Gasteiger partial charge in [-0.1, -0.05) is 0 Å². The highest BCUT2D eigenvalue weighted by molar-refractivity contribution is 7.89. The molecule has 1 aliphatic heterocycles. The Hall–Kier alpha value is -2.79. The predicted molar refractivity (Wildman–Crippen MR) is 108 cm³/mol. The quantitative estimate of drug-likeness (QED) is 0.611. The molecule has 3 aromatic rings. The van der Waals surface area contributed by atoms with Gasteiger partial charge in [-0.05, 0) is 39.0 Å². The van der Waals surface area contributed by atoms with Crippen molar-refractivity contribution < 1.29 is 8.42 Å². The van der Waals surface area contributed by atoms with Crippen molar-refractivity contribution in [1.29, 1.82) is 0 Å². The van der Waals surface area contributed by atoms with Crippen molar-refractivity contribution in [2.45, 2.75) is 32.3 Å². The van der Waals surface area contributed by atoms with E-state index in [1.54, 1.807) is 10.9 Å². The molecule has 0 saturated carbocycles. The fourth-order valence-corrected chi connectivity index (χ4v) is 4.78. The van der Waals surface area contributed by atoms with Crippen molar-refractivity contribution >= 4 is 15.8 Å². The summed E-state index contributed by atoms with van der Waals surface area (Å²) in [6.07, 6.45) is 3.45. The molecule has 1 fully saturated rings. The van der Waals surface area contributed by atoms with Gasteiger partial charge in [0.25, 0.3) is 10.0 Å². The zero-order chi connectivity index (χ0) is 20.6. The number of hydrogen-bond donors (Lipinski definition) is 0. The molecule has 1 aliphatic rings. The van der Waals surface area contributed by atoms with Crippen LogP contribution in [0, 0.1) is 13.8 Å². The fraction of sp³-hybridized carbons (Fsp3) is 0.444. The molecule has 3 aromatic heterocycles. The molecule has 0 unspecified atom stereocenters.